The summed E-state index contributed by atoms with van der Waals surface area (Å²) in [5.74, 6) is -2.70. The van der Waals surface area contributed by atoms with Crippen molar-refractivity contribution in [1.29, 1.82) is 0 Å². The van der Waals surface area contributed by atoms with Crippen LogP contribution >= 0.6 is 11.6 Å². The van der Waals surface area contributed by atoms with E-state index in [4.69, 9.17) is 21.4 Å². The summed E-state index contributed by atoms with van der Waals surface area (Å²) in [6.07, 6.45) is 1.18. The number of likely N-dealkylation sites (N-methyl/N-ethyl adjacent to an activating group) is 1. The fourth-order valence-corrected chi connectivity index (χ4v) is 1.40. The van der Waals surface area contributed by atoms with Crippen LogP contribution in [-0.4, -0.2) is 42.8 Å². The molecule has 0 aliphatic rings. The Morgan fingerprint density at radius 1 is 1.38 bits per heavy atom. The van der Waals surface area contributed by atoms with Crippen LogP contribution in [0.3, 0.4) is 0 Å². The Labute approximate surface area is 124 Å². The number of carboxylic acid groups (broad SMARTS) is 1. The van der Waals surface area contributed by atoms with Gasteiger partial charge in [-0.05, 0) is 18.2 Å². The lowest BCUT2D eigenvalue weighted by molar-refractivity contribution is -0.139. The molecule has 0 heterocycles. The molecule has 0 radical (unpaired) electrons. The third-order valence-electron chi connectivity index (χ3n) is 2.13. The first-order valence-corrected chi connectivity index (χ1v) is 6.01. The standard InChI is InChI=1S/C12H12ClN3O5/c1-14-11(19)12(20)16-15-5-7-4-8(13)2-3-9(7)21-6-10(17)18/h2-5H,6H2,1H3,(H,14,19)(H,16,20)(H,17,18)/b15-5-. The molecule has 8 nitrogen and oxygen atoms in total. The van der Waals surface area contributed by atoms with Gasteiger partial charge in [0.25, 0.3) is 0 Å². The molecule has 0 unspecified atom stereocenters. The van der Waals surface area contributed by atoms with E-state index in [0.717, 1.165) is 0 Å². The monoisotopic (exact) mass is 313 g/mol. The minimum Gasteiger partial charge on any atom is -0.481 e. The first kappa shape index (κ1) is 16.4. The van der Waals surface area contributed by atoms with Gasteiger partial charge in [0.15, 0.2) is 6.61 Å². The summed E-state index contributed by atoms with van der Waals surface area (Å²) in [4.78, 5) is 32.6. The smallest absolute Gasteiger partial charge is 0.341 e. The summed E-state index contributed by atoms with van der Waals surface area (Å²) < 4.78 is 5.04. The second kappa shape index (κ2) is 7.85. The number of aliphatic carboxylic acids is 1. The average molecular weight is 314 g/mol. The van der Waals surface area contributed by atoms with Gasteiger partial charge in [-0.25, -0.2) is 10.2 Å². The number of halogens is 1. The SMILES string of the molecule is CNC(=O)C(=O)N/N=C\c1cc(Cl)ccc1OCC(=O)O. The van der Waals surface area contributed by atoms with Crippen molar-refractivity contribution in [2.45, 2.75) is 0 Å². The number of rotatable bonds is 5. The van der Waals surface area contributed by atoms with Crippen molar-refractivity contribution in [2.75, 3.05) is 13.7 Å². The van der Waals surface area contributed by atoms with Crippen molar-refractivity contribution in [1.82, 2.24) is 10.7 Å². The number of hydrazone groups is 1. The number of amides is 2. The van der Waals surface area contributed by atoms with Gasteiger partial charge in [0, 0.05) is 17.6 Å². The number of carboxylic acids is 1. The zero-order chi connectivity index (χ0) is 15.8. The van der Waals surface area contributed by atoms with Gasteiger partial charge < -0.3 is 15.2 Å². The molecule has 0 aliphatic carbocycles. The molecule has 0 saturated carbocycles. The van der Waals surface area contributed by atoms with E-state index in [1.54, 1.807) is 0 Å². The number of benzene rings is 1. The number of nitrogens with zero attached hydrogens (tertiary/aromatic N) is 1. The van der Waals surface area contributed by atoms with Crippen LogP contribution in [0.5, 0.6) is 5.75 Å². The van der Waals surface area contributed by atoms with E-state index in [9.17, 15) is 14.4 Å². The van der Waals surface area contributed by atoms with Gasteiger partial charge >= 0.3 is 17.8 Å². The normalized spacial score (nSPS) is 10.2. The molecule has 21 heavy (non-hydrogen) atoms. The Hall–Kier alpha value is -2.61. The number of hydrogen-bond donors (Lipinski definition) is 3. The summed E-state index contributed by atoms with van der Waals surface area (Å²) >= 11 is 5.81. The Kier molecular flexibility index (Phi) is 6.15. The van der Waals surface area contributed by atoms with Crippen molar-refractivity contribution in [3.05, 3.63) is 28.8 Å². The van der Waals surface area contributed by atoms with Crippen LogP contribution in [0.15, 0.2) is 23.3 Å². The zero-order valence-electron chi connectivity index (χ0n) is 10.9. The summed E-state index contributed by atoms with van der Waals surface area (Å²) in [6, 6.07) is 4.45. The highest BCUT2D eigenvalue weighted by Gasteiger charge is 2.09. The number of carbonyl (C=O) groups excluding carboxylic acids is 2. The molecule has 112 valence electrons. The highest BCUT2D eigenvalue weighted by molar-refractivity contribution is 6.35. The Morgan fingerprint density at radius 2 is 2.10 bits per heavy atom. The summed E-state index contributed by atoms with van der Waals surface area (Å²) in [5.41, 5.74) is 2.35. The highest BCUT2D eigenvalue weighted by atomic mass is 35.5. The largest absolute Gasteiger partial charge is 0.481 e. The maximum Gasteiger partial charge on any atom is 0.341 e. The zero-order valence-corrected chi connectivity index (χ0v) is 11.7. The molecular formula is C12H12ClN3O5. The quantitative estimate of drug-likeness (QED) is 0.402. The van der Waals surface area contributed by atoms with E-state index in [0.29, 0.717) is 10.6 Å². The minimum absolute atomic E-state index is 0.222. The fourth-order valence-electron chi connectivity index (χ4n) is 1.22. The Balaban J connectivity index is 2.80. The number of ether oxygens (including phenoxy) is 1. The third-order valence-corrected chi connectivity index (χ3v) is 2.36. The fraction of sp³-hybridized carbons (Fsp3) is 0.167. The van der Waals surface area contributed by atoms with E-state index in [1.807, 2.05) is 5.43 Å². The number of carbonyl (C=O) groups is 3. The molecule has 1 aromatic rings. The van der Waals surface area contributed by atoms with Crippen LogP contribution in [0.2, 0.25) is 5.02 Å². The topological polar surface area (TPSA) is 117 Å². The number of hydrogen-bond acceptors (Lipinski definition) is 5. The Morgan fingerprint density at radius 3 is 2.71 bits per heavy atom. The summed E-state index contributed by atoms with van der Waals surface area (Å²) in [5, 5.41) is 14.6. The van der Waals surface area contributed by atoms with Crippen LogP contribution < -0.4 is 15.5 Å². The van der Waals surface area contributed by atoms with E-state index in [-0.39, 0.29) is 5.75 Å². The first-order valence-electron chi connectivity index (χ1n) is 5.63. The van der Waals surface area contributed by atoms with Gasteiger partial charge in [0.1, 0.15) is 5.75 Å². The molecule has 1 aromatic carbocycles. The highest BCUT2D eigenvalue weighted by Crippen LogP contribution is 2.21. The minimum atomic E-state index is -1.14. The molecule has 9 heteroatoms. The maximum absolute atomic E-state index is 11.2. The van der Waals surface area contributed by atoms with Gasteiger partial charge in [-0.3, -0.25) is 9.59 Å². The molecule has 0 aromatic heterocycles. The van der Waals surface area contributed by atoms with Gasteiger partial charge in [0.2, 0.25) is 0 Å². The second-order valence-electron chi connectivity index (χ2n) is 3.64. The van der Waals surface area contributed by atoms with Gasteiger partial charge in [0.05, 0.1) is 6.21 Å². The van der Waals surface area contributed by atoms with Crippen molar-refractivity contribution in [3.8, 4) is 5.75 Å². The lowest BCUT2D eigenvalue weighted by atomic mass is 10.2. The van der Waals surface area contributed by atoms with E-state index < -0.39 is 24.4 Å². The molecule has 2 amide bonds. The van der Waals surface area contributed by atoms with Crippen LogP contribution in [0, 0.1) is 0 Å². The lowest BCUT2D eigenvalue weighted by Crippen LogP contribution is -2.35. The molecule has 0 saturated heterocycles. The molecule has 0 aliphatic heterocycles. The lowest BCUT2D eigenvalue weighted by Gasteiger charge is -2.07. The van der Waals surface area contributed by atoms with Crippen molar-refractivity contribution in [3.63, 3.8) is 0 Å². The molecular weight excluding hydrogens is 302 g/mol. The third kappa shape index (κ3) is 5.49. The number of nitrogens with one attached hydrogen (secondary N) is 2. The van der Waals surface area contributed by atoms with Crippen LogP contribution in [0.4, 0.5) is 0 Å². The predicted molar refractivity (Wildman–Crippen MR) is 74.4 cm³/mol. The van der Waals surface area contributed by atoms with E-state index in [2.05, 4.69) is 10.4 Å². The molecule has 0 atom stereocenters. The maximum atomic E-state index is 11.2. The summed E-state index contributed by atoms with van der Waals surface area (Å²) in [7, 11) is 1.31. The summed E-state index contributed by atoms with van der Waals surface area (Å²) in [6.45, 7) is -0.535. The Bertz CT molecular complexity index is 588. The molecule has 0 bridgehead atoms. The molecule has 3 N–H and O–H groups in total. The van der Waals surface area contributed by atoms with Gasteiger partial charge in [-0.15, -0.1) is 0 Å². The van der Waals surface area contributed by atoms with Crippen molar-refractivity contribution in [2.24, 2.45) is 5.10 Å². The van der Waals surface area contributed by atoms with Crippen LogP contribution in [0.25, 0.3) is 0 Å². The van der Waals surface area contributed by atoms with Gasteiger partial charge in [-0.2, -0.15) is 5.10 Å². The second-order valence-corrected chi connectivity index (χ2v) is 4.08. The molecule has 1 rings (SSSR count). The van der Waals surface area contributed by atoms with E-state index >= 15 is 0 Å². The first-order chi connectivity index (χ1) is 9.93. The van der Waals surface area contributed by atoms with Crippen LogP contribution in [-0.2, 0) is 14.4 Å². The molecule has 0 fully saturated rings. The van der Waals surface area contributed by atoms with Gasteiger partial charge in [-0.1, -0.05) is 11.6 Å². The van der Waals surface area contributed by atoms with Crippen molar-refractivity contribution < 1.29 is 24.2 Å². The van der Waals surface area contributed by atoms with E-state index in [1.165, 1.54) is 31.5 Å². The molecule has 0 spiro atoms. The average Bonchev–Trinajstić information content (AvgIpc) is 2.45. The van der Waals surface area contributed by atoms with Crippen molar-refractivity contribution >= 4 is 35.6 Å². The predicted octanol–water partition coefficient (Wildman–Crippen LogP) is -0.000500. The van der Waals surface area contributed by atoms with Crippen LogP contribution in [0.1, 0.15) is 5.56 Å².